The van der Waals surface area contributed by atoms with Crippen LogP contribution in [0.4, 0.5) is 0 Å². The van der Waals surface area contributed by atoms with Crippen molar-refractivity contribution < 1.29 is 4.79 Å². The first-order valence-corrected chi connectivity index (χ1v) is 10.6. The van der Waals surface area contributed by atoms with E-state index in [0.29, 0.717) is 31.3 Å². The molecule has 1 amide bonds. The Kier molecular flexibility index (Phi) is 7.55. The van der Waals surface area contributed by atoms with Crippen LogP contribution in [0, 0.1) is 5.92 Å². The molecule has 0 radical (unpaired) electrons. The molecule has 1 heterocycles. The fourth-order valence-electron chi connectivity index (χ4n) is 4.28. The highest BCUT2D eigenvalue weighted by Crippen LogP contribution is 2.27. The van der Waals surface area contributed by atoms with Gasteiger partial charge in [-0.15, -0.1) is 0 Å². The second kappa shape index (κ2) is 10.3. The molecule has 1 atom stereocenters. The number of carbonyl (C=O) groups is 1. The number of hydrogen-bond donors (Lipinski definition) is 2. The summed E-state index contributed by atoms with van der Waals surface area (Å²) in [5, 5.41) is 6.45. The normalized spacial score (nSPS) is 20.9. The molecule has 0 bridgehead atoms. The number of guanidine groups is 1. The van der Waals surface area contributed by atoms with Crippen molar-refractivity contribution in [2.24, 2.45) is 10.9 Å². The van der Waals surface area contributed by atoms with Gasteiger partial charge in [0, 0.05) is 38.5 Å². The number of nitrogens with one attached hydrogen (secondary N) is 2. The molecule has 1 aromatic rings. The van der Waals surface area contributed by atoms with Gasteiger partial charge in [-0.2, -0.15) is 0 Å². The van der Waals surface area contributed by atoms with Crippen LogP contribution in [0.1, 0.15) is 56.9 Å². The summed E-state index contributed by atoms with van der Waals surface area (Å²) in [5.74, 6) is 2.33. The zero-order valence-corrected chi connectivity index (χ0v) is 16.6. The molecule has 27 heavy (non-hydrogen) atoms. The number of likely N-dealkylation sites (tertiary alicyclic amines) is 1. The quantitative estimate of drug-likeness (QED) is 0.440. The third kappa shape index (κ3) is 5.98. The van der Waals surface area contributed by atoms with E-state index >= 15 is 0 Å². The van der Waals surface area contributed by atoms with Gasteiger partial charge in [0.15, 0.2) is 5.96 Å². The maximum absolute atomic E-state index is 12.0. The molecule has 1 aliphatic carbocycles. The summed E-state index contributed by atoms with van der Waals surface area (Å²) in [6, 6.07) is 10.7. The van der Waals surface area contributed by atoms with E-state index < -0.39 is 0 Å². The SMILES string of the molecule is CCNC(=NCCNC(=O)CC1CCCC1)N1CCC(c2ccccc2)C1. The first kappa shape index (κ1) is 19.7. The van der Waals surface area contributed by atoms with Crippen molar-refractivity contribution in [3.63, 3.8) is 0 Å². The number of hydrogen-bond acceptors (Lipinski definition) is 2. The van der Waals surface area contributed by atoms with Crippen molar-refractivity contribution in [2.75, 3.05) is 32.7 Å². The van der Waals surface area contributed by atoms with Crippen molar-refractivity contribution >= 4 is 11.9 Å². The summed E-state index contributed by atoms with van der Waals surface area (Å²) < 4.78 is 0. The number of carbonyl (C=O) groups excluding carboxylic acids is 1. The fraction of sp³-hybridized carbons (Fsp3) is 0.636. The topological polar surface area (TPSA) is 56.7 Å². The summed E-state index contributed by atoms with van der Waals surface area (Å²) in [6.07, 6.45) is 6.85. The smallest absolute Gasteiger partial charge is 0.220 e. The van der Waals surface area contributed by atoms with E-state index in [2.05, 4.69) is 52.8 Å². The highest BCUT2D eigenvalue weighted by molar-refractivity contribution is 5.80. The molecule has 2 N–H and O–H groups in total. The Hall–Kier alpha value is -2.04. The largest absolute Gasteiger partial charge is 0.357 e. The molecule has 1 saturated heterocycles. The number of rotatable bonds is 7. The van der Waals surface area contributed by atoms with Crippen LogP contribution in [0.5, 0.6) is 0 Å². The third-order valence-electron chi connectivity index (χ3n) is 5.74. The molecule has 2 aliphatic rings. The molecule has 1 saturated carbocycles. The van der Waals surface area contributed by atoms with Crippen LogP contribution in [0.25, 0.3) is 0 Å². The van der Waals surface area contributed by atoms with Gasteiger partial charge in [-0.3, -0.25) is 9.79 Å². The zero-order chi connectivity index (χ0) is 18.9. The van der Waals surface area contributed by atoms with Crippen LogP contribution in [0.15, 0.2) is 35.3 Å². The third-order valence-corrected chi connectivity index (χ3v) is 5.74. The van der Waals surface area contributed by atoms with Gasteiger partial charge in [-0.1, -0.05) is 43.2 Å². The Morgan fingerprint density at radius 3 is 2.67 bits per heavy atom. The second-order valence-electron chi connectivity index (χ2n) is 7.78. The van der Waals surface area contributed by atoms with Gasteiger partial charge in [-0.25, -0.2) is 0 Å². The lowest BCUT2D eigenvalue weighted by molar-refractivity contribution is -0.121. The van der Waals surface area contributed by atoms with E-state index in [4.69, 9.17) is 4.99 Å². The molecule has 5 nitrogen and oxygen atoms in total. The molecule has 2 fully saturated rings. The highest BCUT2D eigenvalue weighted by Gasteiger charge is 2.25. The maximum atomic E-state index is 12.0. The van der Waals surface area contributed by atoms with Gasteiger partial charge in [0.1, 0.15) is 0 Å². The number of amides is 1. The number of benzene rings is 1. The van der Waals surface area contributed by atoms with Gasteiger partial charge >= 0.3 is 0 Å². The summed E-state index contributed by atoms with van der Waals surface area (Å²) in [7, 11) is 0. The van der Waals surface area contributed by atoms with E-state index in [1.54, 1.807) is 0 Å². The molecular weight excluding hydrogens is 336 g/mol. The average Bonchev–Trinajstić information content (AvgIpc) is 3.37. The zero-order valence-electron chi connectivity index (χ0n) is 16.6. The molecule has 1 aromatic carbocycles. The lowest BCUT2D eigenvalue weighted by Gasteiger charge is -2.22. The second-order valence-corrected chi connectivity index (χ2v) is 7.78. The predicted octanol–water partition coefficient (Wildman–Crippen LogP) is 3.14. The number of nitrogens with zero attached hydrogens (tertiary/aromatic N) is 2. The van der Waals surface area contributed by atoms with Gasteiger partial charge in [-0.05, 0) is 37.7 Å². The molecule has 0 spiro atoms. The molecular formula is C22H34N4O. The van der Waals surface area contributed by atoms with Gasteiger partial charge in [0.05, 0.1) is 6.54 Å². The van der Waals surface area contributed by atoms with E-state index in [0.717, 1.165) is 32.0 Å². The minimum Gasteiger partial charge on any atom is -0.357 e. The first-order valence-electron chi connectivity index (χ1n) is 10.6. The minimum atomic E-state index is 0.187. The molecule has 1 aliphatic heterocycles. The Morgan fingerprint density at radius 2 is 1.93 bits per heavy atom. The summed E-state index contributed by atoms with van der Waals surface area (Å²) >= 11 is 0. The monoisotopic (exact) mass is 370 g/mol. The van der Waals surface area contributed by atoms with Crippen LogP contribution >= 0.6 is 0 Å². The highest BCUT2D eigenvalue weighted by atomic mass is 16.1. The van der Waals surface area contributed by atoms with Crippen molar-refractivity contribution in [1.82, 2.24) is 15.5 Å². The average molecular weight is 371 g/mol. The van der Waals surface area contributed by atoms with Crippen LogP contribution < -0.4 is 10.6 Å². The van der Waals surface area contributed by atoms with Crippen LogP contribution in [0.2, 0.25) is 0 Å². The lowest BCUT2D eigenvalue weighted by Crippen LogP contribution is -2.40. The fourth-order valence-corrected chi connectivity index (χ4v) is 4.28. The van der Waals surface area contributed by atoms with E-state index in [1.807, 2.05) is 0 Å². The number of aliphatic imine (C=N–C) groups is 1. The van der Waals surface area contributed by atoms with Crippen molar-refractivity contribution in [1.29, 1.82) is 0 Å². The Morgan fingerprint density at radius 1 is 1.15 bits per heavy atom. The minimum absolute atomic E-state index is 0.187. The molecule has 148 valence electrons. The van der Waals surface area contributed by atoms with E-state index in [-0.39, 0.29) is 5.91 Å². The van der Waals surface area contributed by atoms with Crippen LogP contribution in [0.3, 0.4) is 0 Å². The predicted molar refractivity (Wildman–Crippen MR) is 111 cm³/mol. The lowest BCUT2D eigenvalue weighted by atomic mass is 9.99. The van der Waals surface area contributed by atoms with Gasteiger partial charge in [0.25, 0.3) is 0 Å². The van der Waals surface area contributed by atoms with E-state index in [9.17, 15) is 4.79 Å². The summed E-state index contributed by atoms with van der Waals surface area (Å²) in [6.45, 7) is 6.24. The Bertz CT molecular complexity index is 610. The van der Waals surface area contributed by atoms with Crippen molar-refractivity contribution in [3.8, 4) is 0 Å². The van der Waals surface area contributed by atoms with Crippen LogP contribution in [-0.2, 0) is 4.79 Å². The van der Waals surface area contributed by atoms with E-state index in [1.165, 1.54) is 31.2 Å². The first-order chi connectivity index (χ1) is 13.3. The molecule has 5 heteroatoms. The molecule has 3 rings (SSSR count). The maximum Gasteiger partial charge on any atom is 0.220 e. The standard InChI is InChI=1S/C22H34N4O/c1-2-23-22(25-14-13-24-21(27)16-18-8-6-7-9-18)26-15-12-20(17-26)19-10-4-3-5-11-19/h3-5,10-11,18,20H,2,6-9,12-17H2,1H3,(H,23,25)(H,24,27). The Labute approximate surface area is 163 Å². The van der Waals surface area contributed by atoms with Crippen molar-refractivity contribution in [2.45, 2.75) is 51.4 Å². The molecule has 0 aromatic heterocycles. The summed E-state index contributed by atoms with van der Waals surface area (Å²) in [4.78, 5) is 19.1. The van der Waals surface area contributed by atoms with Crippen molar-refractivity contribution in [3.05, 3.63) is 35.9 Å². The van der Waals surface area contributed by atoms with Crippen LogP contribution in [-0.4, -0.2) is 49.5 Å². The molecule has 1 unspecified atom stereocenters. The van der Waals surface area contributed by atoms with Gasteiger partial charge < -0.3 is 15.5 Å². The Balaban J connectivity index is 1.44. The van der Waals surface area contributed by atoms with Gasteiger partial charge in [0.2, 0.25) is 5.91 Å². The summed E-state index contributed by atoms with van der Waals surface area (Å²) in [5.41, 5.74) is 1.41.